The normalized spacial score (nSPS) is 17.1. The van der Waals surface area contributed by atoms with E-state index in [-0.39, 0.29) is 12.4 Å². The second-order valence-corrected chi connectivity index (χ2v) is 3.54. The SMILES string of the molecule is COc1cc2c(cc1OC)[C@@H](CN)C2.Cl. The van der Waals surface area contributed by atoms with Crippen molar-refractivity contribution in [1.29, 1.82) is 0 Å². The molecule has 0 bridgehead atoms. The number of halogens is 1. The van der Waals surface area contributed by atoms with Gasteiger partial charge in [0, 0.05) is 5.92 Å². The second kappa shape index (κ2) is 4.73. The number of ether oxygens (including phenoxy) is 2. The van der Waals surface area contributed by atoms with E-state index in [2.05, 4.69) is 0 Å². The molecule has 0 spiro atoms. The predicted molar refractivity (Wildman–Crippen MR) is 62.3 cm³/mol. The van der Waals surface area contributed by atoms with Crippen molar-refractivity contribution < 1.29 is 9.47 Å². The summed E-state index contributed by atoms with van der Waals surface area (Å²) < 4.78 is 10.5. The molecule has 0 saturated heterocycles. The molecule has 2 N–H and O–H groups in total. The van der Waals surface area contributed by atoms with Crippen LogP contribution in [-0.2, 0) is 6.42 Å². The fourth-order valence-electron chi connectivity index (χ4n) is 1.95. The van der Waals surface area contributed by atoms with Crippen LogP contribution in [0.1, 0.15) is 17.0 Å². The zero-order valence-electron chi connectivity index (χ0n) is 8.95. The molecule has 1 atom stereocenters. The molecule has 0 aromatic heterocycles. The molecule has 3 nitrogen and oxygen atoms in total. The summed E-state index contributed by atoms with van der Waals surface area (Å²) >= 11 is 0. The second-order valence-electron chi connectivity index (χ2n) is 3.54. The fraction of sp³-hybridized carbons (Fsp3) is 0.455. The van der Waals surface area contributed by atoms with E-state index in [4.69, 9.17) is 15.2 Å². The molecule has 84 valence electrons. The molecule has 0 amide bonds. The summed E-state index contributed by atoms with van der Waals surface area (Å²) in [6.07, 6.45) is 1.06. The van der Waals surface area contributed by atoms with Gasteiger partial charge in [0.1, 0.15) is 0 Å². The lowest BCUT2D eigenvalue weighted by atomic mass is 9.77. The van der Waals surface area contributed by atoms with Gasteiger partial charge in [-0.2, -0.15) is 0 Å². The van der Waals surface area contributed by atoms with Crippen molar-refractivity contribution in [3.05, 3.63) is 23.3 Å². The first kappa shape index (κ1) is 12.1. The van der Waals surface area contributed by atoms with Crippen molar-refractivity contribution in [2.75, 3.05) is 20.8 Å². The molecule has 0 saturated carbocycles. The zero-order valence-corrected chi connectivity index (χ0v) is 9.76. The third-order valence-corrected chi connectivity index (χ3v) is 2.84. The fourth-order valence-corrected chi connectivity index (χ4v) is 1.95. The molecular weight excluding hydrogens is 214 g/mol. The van der Waals surface area contributed by atoms with Gasteiger partial charge >= 0.3 is 0 Å². The Labute approximate surface area is 96.0 Å². The average Bonchev–Trinajstić information content (AvgIpc) is 2.20. The van der Waals surface area contributed by atoms with E-state index in [1.54, 1.807) is 14.2 Å². The van der Waals surface area contributed by atoms with Gasteiger partial charge < -0.3 is 15.2 Å². The predicted octanol–water partition coefficient (Wildman–Crippen LogP) is 1.72. The van der Waals surface area contributed by atoms with Crippen LogP contribution < -0.4 is 15.2 Å². The Morgan fingerprint density at radius 3 is 2.40 bits per heavy atom. The molecule has 0 fully saturated rings. The molecule has 15 heavy (non-hydrogen) atoms. The molecule has 1 aliphatic carbocycles. The molecule has 1 aromatic rings. The van der Waals surface area contributed by atoms with Crippen LogP contribution in [0.3, 0.4) is 0 Å². The van der Waals surface area contributed by atoms with Crippen molar-refractivity contribution in [3.8, 4) is 11.5 Å². The van der Waals surface area contributed by atoms with E-state index >= 15 is 0 Å². The third kappa shape index (κ3) is 1.90. The van der Waals surface area contributed by atoms with Crippen molar-refractivity contribution in [2.24, 2.45) is 5.73 Å². The summed E-state index contributed by atoms with van der Waals surface area (Å²) in [4.78, 5) is 0. The zero-order chi connectivity index (χ0) is 10.1. The van der Waals surface area contributed by atoms with Gasteiger partial charge in [-0.1, -0.05) is 0 Å². The first-order chi connectivity index (χ1) is 6.80. The Kier molecular flexibility index (Phi) is 3.83. The number of hydrogen-bond donors (Lipinski definition) is 1. The Morgan fingerprint density at radius 1 is 1.27 bits per heavy atom. The van der Waals surface area contributed by atoms with Crippen molar-refractivity contribution >= 4 is 12.4 Å². The maximum absolute atomic E-state index is 5.64. The number of methoxy groups -OCH3 is 2. The van der Waals surface area contributed by atoms with Crippen LogP contribution >= 0.6 is 12.4 Å². The van der Waals surface area contributed by atoms with E-state index in [0.717, 1.165) is 17.9 Å². The minimum atomic E-state index is 0. The topological polar surface area (TPSA) is 44.5 Å². The summed E-state index contributed by atoms with van der Waals surface area (Å²) in [6.45, 7) is 0.711. The van der Waals surface area contributed by atoms with Crippen LogP contribution in [0.25, 0.3) is 0 Å². The van der Waals surface area contributed by atoms with Gasteiger partial charge in [0.25, 0.3) is 0 Å². The minimum absolute atomic E-state index is 0. The molecule has 4 heteroatoms. The maximum atomic E-state index is 5.64. The summed E-state index contributed by atoms with van der Waals surface area (Å²) in [7, 11) is 3.31. The highest BCUT2D eigenvalue weighted by Crippen LogP contribution is 2.41. The Hall–Kier alpha value is -0.930. The largest absolute Gasteiger partial charge is 0.493 e. The lowest BCUT2D eigenvalue weighted by Gasteiger charge is -2.30. The van der Waals surface area contributed by atoms with E-state index in [0.29, 0.717) is 12.5 Å². The van der Waals surface area contributed by atoms with Gasteiger partial charge in [0.05, 0.1) is 14.2 Å². The molecule has 0 unspecified atom stereocenters. The van der Waals surface area contributed by atoms with Crippen LogP contribution in [0.5, 0.6) is 11.5 Å². The quantitative estimate of drug-likeness (QED) is 0.859. The summed E-state index contributed by atoms with van der Waals surface area (Å²) in [5.41, 5.74) is 8.28. The summed E-state index contributed by atoms with van der Waals surface area (Å²) in [5.74, 6) is 2.11. The third-order valence-electron chi connectivity index (χ3n) is 2.84. The van der Waals surface area contributed by atoms with Crippen LogP contribution in [0.4, 0.5) is 0 Å². The van der Waals surface area contributed by atoms with Crippen molar-refractivity contribution in [2.45, 2.75) is 12.3 Å². The highest BCUT2D eigenvalue weighted by Gasteiger charge is 2.26. The molecule has 2 rings (SSSR count). The van der Waals surface area contributed by atoms with Gasteiger partial charge in [-0.25, -0.2) is 0 Å². The highest BCUT2D eigenvalue weighted by atomic mass is 35.5. The van der Waals surface area contributed by atoms with E-state index in [1.807, 2.05) is 12.1 Å². The number of rotatable bonds is 3. The van der Waals surface area contributed by atoms with Gasteiger partial charge in [0.15, 0.2) is 11.5 Å². The molecule has 0 heterocycles. The van der Waals surface area contributed by atoms with Crippen molar-refractivity contribution in [3.63, 3.8) is 0 Å². The summed E-state index contributed by atoms with van der Waals surface area (Å²) in [6, 6.07) is 4.08. The number of nitrogens with two attached hydrogens (primary N) is 1. The summed E-state index contributed by atoms with van der Waals surface area (Å²) in [5, 5.41) is 0. The van der Waals surface area contributed by atoms with E-state index in [1.165, 1.54) is 11.1 Å². The van der Waals surface area contributed by atoms with Crippen LogP contribution in [-0.4, -0.2) is 20.8 Å². The first-order valence-electron chi connectivity index (χ1n) is 4.75. The Morgan fingerprint density at radius 2 is 1.87 bits per heavy atom. The van der Waals surface area contributed by atoms with Gasteiger partial charge in [-0.05, 0) is 36.2 Å². The molecule has 0 aliphatic heterocycles. The maximum Gasteiger partial charge on any atom is 0.161 e. The highest BCUT2D eigenvalue weighted by molar-refractivity contribution is 5.85. The number of benzene rings is 1. The Balaban J connectivity index is 0.00000112. The van der Waals surface area contributed by atoms with Crippen LogP contribution in [0.2, 0.25) is 0 Å². The Bertz CT molecular complexity index is 355. The molecule has 1 aromatic carbocycles. The molecule has 1 aliphatic rings. The monoisotopic (exact) mass is 229 g/mol. The smallest absolute Gasteiger partial charge is 0.161 e. The lowest BCUT2D eigenvalue weighted by molar-refractivity contribution is 0.352. The van der Waals surface area contributed by atoms with Gasteiger partial charge in [-0.15, -0.1) is 12.4 Å². The van der Waals surface area contributed by atoms with Crippen LogP contribution in [0, 0.1) is 0 Å². The number of hydrogen-bond acceptors (Lipinski definition) is 3. The number of fused-ring (bicyclic) bond motifs is 1. The van der Waals surface area contributed by atoms with E-state index in [9.17, 15) is 0 Å². The van der Waals surface area contributed by atoms with E-state index < -0.39 is 0 Å². The lowest BCUT2D eigenvalue weighted by Crippen LogP contribution is -2.24. The van der Waals surface area contributed by atoms with Crippen LogP contribution in [0.15, 0.2) is 12.1 Å². The molecular formula is C11H16ClNO2. The van der Waals surface area contributed by atoms with Gasteiger partial charge in [0.2, 0.25) is 0 Å². The van der Waals surface area contributed by atoms with Crippen molar-refractivity contribution in [1.82, 2.24) is 0 Å². The molecule has 0 radical (unpaired) electrons. The van der Waals surface area contributed by atoms with Gasteiger partial charge in [-0.3, -0.25) is 0 Å². The standard InChI is InChI=1S/C11H15NO2.ClH/c1-13-10-4-7-3-8(6-12)9(7)5-11(10)14-2;/h4-5,8H,3,6,12H2,1-2H3;1H/t8-;/m1./s1. The first-order valence-corrected chi connectivity index (χ1v) is 4.75. The average molecular weight is 230 g/mol. The minimum Gasteiger partial charge on any atom is -0.493 e.